The van der Waals surface area contributed by atoms with Crippen molar-refractivity contribution in [1.82, 2.24) is 19.9 Å². The Morgan fingerprint density at radius 1 is 1.21 bits per heavy atom. The first-order valence-corrected chi connectivity index (χ1v) is 8.69. The van der Waals surface area contributed by atoms with Gasteiger partial charge in [0, 0.05) is 12.0 Å². The second-order valence-electron chi connectivity index (χ2n) is 7.91. The third-order valence-corrected chi connectivity index (χ3v) is 6.59. The van der Waals surface area contributed by atoms with Crippen LogP contribution in [0.2, 0.25) is 0 Å². The highest BCUT2D eigenvalue weighted by Crippen LogP contribution is 2.57. The van der Waals surface area contributed by atoms with Gasteiger partial charge in [-0.3, -0.25) is 4.79 Å². The first kappa shape index (κ1) is 15.4. The lowest BCUT2D eigenvalue weighted by Crippen LogP contribution is -2.60. The van der Waals surface area contributed by atoms with Gasteiger partial charge in [0.05, 0.1) is 18.4 Å². The number of nitrogens with zero attached hydrogens (tertiary/aromatic N) is 4. The highest BCUT2D eigenvalue weighted by molar-refractivity contribution is 5.79. The molecule has 2 heterocycles. The summed E-state index contributed by atoms with van der Waals surface area (Å²) in [6.07, 6.45) is 4.81. The van der Waals surface area contributed by atoms with E-state index < -0.39 is 0 Å². The van der Waals surface area contributed by atoms with Gasteiger partial charge >= 0.3 is 0 Å². The standard InChI is InChI=1S/C19H24N4O/c1-18(2)14-9-10-19(18,3)22(17(24)11-14)12-15-13-23(21-20-15)16-7-5-4-6-8-16/h4-8,13-14H,9-12H2,1-3H3/t14-,19-/m0/s1. The predicted molar refractivity (Wildman–Crippen MR) is 91.4 cm³/mol. The largest absolute Gasteiger partial charge is 0.331 e. The van der Waals surface area contributed by atoms with Gasteiger partial charge in [-0.25, -0.2) is 4.68 Å². The van der Waals surface area contributed by atoms with Gasteiger partial charge in [0.15, 0.2) is 0 Å². The average molecular weight is 324 g/mol. The summed E-state index contributed by atoms with van der Waals surface area (Å²) in [5, 5.41) is 8.53. The van der Waals surface area contributed by atoms with Crippen molar-refractivity contribution < 1.29 is 4.79 Å². The van der Waals surface area contributed by atoms with Gasteiger partial charge in [-0.2, -0.15) is 0 Å². The average Bonchev–Trinajstić information content (AvgIpc) is 3.08. The van der Waals surface area contributed by atoms with Crippen LogP contribution in [0.5, 0.6) is 0 Å². The molecule has 0 N–H and O–H groups in total. The van der Waals surface area contributed by atoms with E-state index in [4.69, 9.17) is 0 Å². The minimum atomic E-state index is -0.0937. The molecule has 0 spiro atoms. The summed E-state index contributed by atoms with van der Waals surface area (Å²) in [6, 6.07) is 9.93. The van der Waals surface area contributed by atoms with E-state index in [2.05, 4.69) is 36.0 Å². The van der Waals surface area contributed by atoms with Crippen LogP contribution in [0.3, 0.4) is 0 Å². The van der Waals surface area contributed by atoms with E-state index in [1.807, 2.05) is 36.5 Å². The number of likely N-dealkylation sites (tertiary alicyclic amines) is 1. The van der Waals surface area contributed by atoms with Gasteiger partial charge in [0.25, 0.3) is 0 Å². The quantitative estimate of drug-likeness (QED) is 0.871. The van der Waals surface area contributed by atoms with Gasteiger partial charge in [-0.15, -0.1) is 5.10 Å². The summed E-state index contributed by atoms with van der Waals surface area (Å²) in [7, 11) is 0. The smallest absolute Gasteiger partial charge is 0.223 e. The molecule has 4 rings (SSSR count). The van der Waals surface area contributed by atoms with Gasteiger partial charge in [0.2, 0.25) is 5.91 Å². The fraction of sp³-hybridized carbons (Fsp3) is 0.526. The van der Waals surface area contributed by atoms with Crippen LogP contribution in [0.1, 0.15) is 45.7 Å². The molecule has 0 radical (unpaired) electrons. The maximum atomic E-state index is 12.7. The number of fused-ring (bicyclic) bond motifs is 2. The van der Waals surface area contributed by atoms with Crippen LogP contribution in [-0.2, 0) is 11.3 Å². The minimum absolute atomic E-state index is 0.0937. The summed E-state index contributed by atoms with van der Waals surface area (Å²) >= 11 is 0. The molecule has 24 heavy (non-hydrogen) atoms. The number of rotatable bonds is 3. The van der Waals surface area contributed by atoms with Crippen LogP contribution in [-0.4, -0.2) is 31.3 Å². The van der Waals surface area contributed by atoms with E-state index in [9.17, 15) is 4.79 Å². The SMILES string of the molecule is CC1(C)[C@H]2CC[C@]1(C)N(Cc1cn(-c3ccccc3)nn1)C(=O)C2. The molecule has 0 unspecified atom stereocenters. The van der Waals surface area contributed by atoms with Crippen LogP contribution >= 0.6 is 0 Å². The Morgan fingerprint density at radius 2 is 1.96 bits per heavy atom. The first-order valence-electron chi connectivity index (χ1n) is 8.69. The van der Waals surface area contributed by atoms with Crippen molar-refractivity contribution in [3.05, 3.63) is 42.2 Å². The maximum absolute atomic E-state index is 12.7. The molecule has 1 aromatic carbocycles. The Morgan fingerprint density at radius 3 is 2.71 bits per heavy atom. The number of hydrogen-bond donors (Lipinski definition) is 0. The Labute approximate surface area is 142 Å². The second-order valence-corrected chi connectivity index (χ2v) is 7.91. The van der Waals surface area contributed by atoms with Crippen LogP contribution in [0.15, 0.2) is 36.5 Å². The number of benzene rings is 1. The third-order valence-electron chi connectivity index (χ3n) is 6.59. The summed E-state index contributed by atoms with van der Waals surface area (Å²) in [5.74, 6) is 0.764. The predicted octanol–water partition coefficient (Wildman–Crippen LogP) is 3.19. The zero-order valence-corrected chi connectivity index (χ0v) is 14.6. The highest BCUT2D eigenvalue weighted by atomic mass is 16.2. The molecular formula is C19H24N4O. The van der Waals surface area contributed by atoms with E-state index in [-0.39, 0.29) is 16.9 Å². The molecule has 1 saturated heterocycles. The fourth-order valence-electron chi connectivity index (χ4n) is 4.52. The number of aromatic nitrogens is 3. The van der Waals surface area contributed by atoms with Crippen molar-refractivity contribution >= 4 is 5.91 Å². The lowest BCUT2D eigenvalue weighted by Gasteiger charge is -2.52. The summed E-state index contributed by atoms with van der Waals surface area (Å²) in [4.78, 5) is 14.8. The molecule has 2 bridgehead atoms. The number of piperidine rings is 1. The molecule has 1 aliphatic heterocycles. The molecule has 5 heteroatoms. The number of carbonyl (C=O) groups is 1. The topological polar surface area (TPSA) is 51.0 Å². The molecule has 2 atom stereocenters. The van der Waals surface area contributed by atoms with Crippen LogP contribution in [0, 0.1) is 11.3 Å². The summed E-state index contributed by atoms with van der Waals surface area (Å²) < 4.78 is 1.77. The minimum Gasteiger partial charge on any atom is -0.331 e. The molecule has 2 fully saturated rings. The molecule has 1 amide bonds. The van der Waals surface area contributed by atoms with E-state index in [0.717, 1.165) is 24.2 Å². The third kappa shape index (κ3) is 2.10. The lowest BCUT2D eigenvalue weighted by atomic mass is 9.66. The summed E-state index contributed by atoms with van der Waals surface area (Å²) in [5.41, 5.74) is 1.88. The Kier molecular flexibility index (Phi) is 3.31. The molecule has 2 aliphatic rings. The Balaban J connectivity index is 1.61. The van der Waals surface area contributed by atoms with Crippen molar-refractivity contribution in [2.24, 2.45) is 11.3 Å². The Hall–Kier alpha value is -2.17. The van der Waals surface area contributed by atoms with Crippen molar-refractivity contribution in [2.75, 3.05) is 0 Å². The lowest BCUT2D eigenvalue weighted by molar-refractivity contribution is -0.152. The van der Waals surface area contributed by atoms with E-state index in [1.165, 1.54) is 0 Å². The normalized spacial score (nSPS) is 28.4. The van der Waals surface area contributed by atoms with Crippen molar-refractivity contribution in [2.45, 2.75) is 52.1 Å². The number of carbonyl (C=O) groups excluding carboxylic acids is 1. The highest BCUT2D eigenvalue weighted by Gasteiger charge is 2.59. The van der Waals surface area contributed by atoms with Crippen LogP contribution in [0.4, 0.5) is 0 Å². The molecule has 126 valence electrons. The number of amides is 1. The number of hydrogen-bond acceptors (Lipinski definition) is 3. The molecular weight excluding hydrogens is 300 g/mol. The summed E-state index contributed by atoms with van der Waals surface area (Å²) in [6.45, 7) is 7.40. The molecule has 5 nitrogen and oxygen atoms in total. The van der Waals surface area contributed by atoms with E-state index in [1.54, 1.807) is 4.68 Å². The molecule has 1 saturated carbocycles. The fourth-order valence-corrected chi connectivity index (χ4v) is 4.52. The van der Waals surface area contributed by atoms with Gasteiger partial charge in [0.1, 0.15) is 5.69 Å². The zero-order valence-electron chi connectivity index (χ0n) is 14.6. The molecule has 1 aliphatic carbocycles. The van der Waals surface area contributed by atoms with Crippen molar-refractivity contribution in [3.63, 3.8) is 0 Å². The van der Waals surface area contributed by atoms with Crippen molar-refractivity contribution in [3.8, 4) is 5.69 Å². The number of para-hydroxylation sites is 1. The van der Waals surface area contributed by atoms with Crippen LogP contribution < -0.4 is 0 Å². The van der Waals surface area contributed by atoms with Crippen LogP contribution in [0.25, 0.3) is 5.69 Å². The zero-order chi connectivity index (χ0) is 16.9. The van der Waals surface area contributed by atoms with Gasteiger partial charge < -0.3 is 4.90 Å². The molecule has 2 aromatic rings. The second kappa shape index (κ2) is 5.16. The maximum Gasteiger partial charge on any atom is 0.223 e. The molecule has 1 aromatic heterocycles. The van der Waals surface area contributed by atoms with Crippen molar-refractivity contribution in [1.29, 1.82) is 0 Å². The Bertz CT molecular complexity index is 767. The van der Waals surface area contributed by atoms with Gasteiger partial charge in [-0.1, -0.05) is 37.3 Å². The monoisotopic (exact) mass is 324 g/mol. The van der Waals surface area contributed by atoms with E-state index >= 15 is 0 Å². The first-order chi connectivity index (χ1) is 11.4. The van der Waals surface area contributed by atoms with Gasteiger partial charge in [-0.05, 0) is 43.2 Å². The van der Waals surface area contributed by atoms with E-state index in [0.29, 0.717) is 18.9 Å².